The zero-order valence-electron chi connectivity index (χ0n) is 9.53. The van der Waals surface area contributed by atoms with Gasteiger partial charge in [-0.05, 0) is 25.2 Å². The number of aliphatic carboxylic acids is 1. The zero-order valence-corrected chi connectivity index (χ0v) is 9.53. The van der Waals surface area contributed by atoms with Crippen molar-refractivity contribution in [3.05, 3.63) is 11.8 Å². The summed E-state index contributed by atoms with van der Waals surface area (Å²) >= 11 is 0. The van der Waals surface area contributed by atoms with Gasteiger partial charge < -0.3 is 20.6 Å². The van der Waals surface area contributed by atoms with Gasteiger partial charge in [0, 0.05) is 13.2 Å². The van der Waals surface area contributed by atoms with Gasteiger partial charge in [-0.2, -0.15) is 0 Å². The van der Waals surface area contributed by atoms with Crippen molar-refractivity contribution < 1.29 is 20.0 Å². The van der Waals surface area contributed by atoms with E-state index in [1.54, 1.807) is 12.4 Å². The Morgan fingerprint density at radius 1 is 1.56 bits per heavy atom. The number of nitrogens with one attached hydrogen (secondary N) is 1. The molecule has 5 nitrogen and oxygen atoms in total. The van der Waals surface area contributed by atoms with Crippen LogP contribution in [-0.2, 0) is 9.53 Å². The Balaban J connectivity index is 2.54. The summed E-state index contributed by atoms with van der Waals surface area (Å²) in [5.41, 5.74) is 0.325. The van der Waals surface area contributed by atoms with Gasteiger partial charge >= 0.3 is 5.97 Å². The maximum Gasteiger partial charge on any atom is 0.342 e. The van der Waals surface area contributed by atoms with E-state index in [4.69, 9.17) is 15.3 Å². The van der Waals surface area contributed by atoms with Crippen molar-refractivity contribution in [3.63, 3.8) is 0 Å². The van der Waals surface area contributed by atoms with Crippen molar-refractivity contribution in [1.82, 2.24) is 0 Å². The van der Waals surface area contributed by atoms with E-state index in [0.717, 1.165) is 26.1 Å². The standard InChI is InChI=1S/C11H18N2O3/c1-13-7-9(11(14)15)10(12)6-8-2-4-16-5-3-8/h7-8,12-13H,2-6H2,1H3,(H,14,15)/p+1. The molecule has 1 aliphatic rings. The highest BCUT2D eigenvalue weighted by molar-refractivity contribution is 6.17. The molecule has 1 rings (SSSR count). The molecule has 0 aromatic heterocycles. The molecule has 0 unspecified atom stereocenters. The number of hydrogen-bond acceptors (Lipinski definition) is 3. The van der Waals surface area contributed by atoms with E-state index < -0.39 is 5.97 Å². The first-order valence-electron chi connectivity index (χ1n) is 5.53. The lowest BCUT2D eigenvalue weighted by molar-refractivity contribution is -0.556. The smallest absolute Gasteiger partial charge is 0.342 e. The quantitative estimate of drug-likeness (QED) is 0.456. The number of nitrogens with two attached hydrogens (primary N) is 1. The molecule has 0 radical (unpaired) electrons. The molecular weight excluding hydrogens is 208 g/mol. The summed E-state index contributed by atoms with van der Waals surface area (Å²) < 4.78 is 5.23. The van der Waals surface area contributed by atoms with E-state index >= 15 is 0 Å². The predicted octanol–water partition coefficient (Wildman–Crippen LogP) is -0.0154. The number of hydrogen-bond donors (Lipinski definition) is 3. The van der Waals surface area contributed by atoms with E-state index in [0.29, 0.717) is 12.3 Å². The number of ether oxygens (including phenoxy) is 1. The first-order chi connectivity index (χ1) is 7.65. The van der Waals surface area contributed by atoms with E-state index in [2.05, 4.69) is 0 Å². The van der Waals surface area contributed by atoms with Crippen LogP contribution in [0, 0.1) is 11.3 Å². The molecule has 16 heavy (non-hydrogen) atoms. The third-order valence-corrected chi connectivity index (χ3v) is 2.72. The Hall–Kier alpha value is -1.20. The number of rotatable bonds is 5. The fourth-order valence-electron chi connectivity index (χ4n) is 1.82. The van der Waals surface area contributed by atoms with Gasteiger partial charge in [0.1, 0.15) is 11.8 Å². The van der Waals surface area contributed by atoms with Crippen LogP contribution in [0.1, 0.15) is 19.3 Å². The maximum absolute atomic E-state index is 10.9. The first-order valence-corrected chi connectivity index (χ1v) is 5.53. The van der Waals surface area contributed by atoms with Crippen LogP contribution in [0.15, 0.2) is 11.8 Å². The van der Waals surface area contributed by atoms with Gasteiger partial charge in [0.05, 0.1) is 12.8 Å². The van der Waals surface area contributed by atoms with Gasteiger partial charge in [-0.15, -0.1) is 0 Å². The maximum atomic E-state index is 10.9. The van der Waals surface area contributed by atoms with Gasteiger partial charge in [0.15, 0.2) is 0 Å². The summed E-state index contributed by atoms with van der Waals surface area (Å²) in [6, 6.07) is 0. The van der Waals surface area contributed by atoms with E-state index in [1.165, 1.54) is 6.20 Å². The topological polar surface area (TPSA) is 87.0 Å². The van der Waals surface area contributed by atoms with Gasteiger partial charge in [-0.1, -0.05) is 0 Å². The lowest BCUT2D eigenvalue weighted by atomic mass is 9.91. The molecule has 0 aromatic carbocycles. The average Bonchev–Trinajstić information content (AvgIpc) is 2.26. The molecule has 5 heteroatoms. The molecule has 0 spiro atoms. The van der Waals surface area contributed by atoms with Crippen molar-refractivity contribution in [2.45, 2.75) is 19.3 Å². The Bertz CT molecular complexity index is 294. The van der Waals surface area contributed by atoms with Crippen molar-refractivity contribution in [3.8, 4) is 0 Å². The fourth-order valence-corrected chi connectivity index (χ4v) is 1.82. The first kappa shape index (κ1) is 12.9. The second-order valence-electron chi connectivity index (χ2n) is 3.96. The number of carboxylic acid groups (broad SMARTS) is 1. The second-order valence-corrected chi connectivity index (χ2v) is 3.96. The second kappa shape index (κ2) is 6.40. The average molecular weight is 227 g/mol. The monoisotopic (exact) mass is 227 g/mol. The van der Waals surface area contributed by atoms with Crippen LogP contribution in [0.5, 0.6) is 0 Å². The van der Waals surface area contributed by atoms with Crippen LogP contribution in [0.3, 0.4) is 0 Å². The zero-order chi connectivity index (χ0) is 12.0. The minimum absolute atomic E-state index is 0.106. The molecule has 1 heterocycles. The SMILES string of the molecule is C[NH2+]C=C(C(=N)CC1CCOCC1)C(=O)O. The summed E-state index contributed by atoms with van der Waals surface area (Å²) in [5, 5.41) is 18.4. The molecule has 90 valence electrons. The van der Waals surface area contributed by atoms with Crippen molar-refractivity contribution in [2.75, 3.05) is 20.3 Å². The molecule has 0 aliphatic carbocycles. The highest BCUT2D eigenvalue weighted by Crippen LogP contribution is 2.20. The minimum Gasteiger partial charge on any atom is -0.477 e. The van der Waals surface area contributed by atoms with Crippen molar-refractivity contribution >= 4 is 11.7 Å². The largest absolute Gasteiger partial charge is 0.477 e. The van der Waals surface area contributed by atoms with Crippen LogP contribution in [-0.4, -0.2) is 37.0 Å². The Morgan fingerprint density at radius 3 is 2.69 bits per heavy atom. The Labute approximate surface area is 95.0 Å². The molecule has 0 amide bonds. The normalized spacial score (nSPS) is 18.4. The highest BCUT2D eigenvalue weighted by atomic mass is 16.5. The molecule has 4 N–H and O–H groups in total. The summed E-state index contributed by atoms with van der Waals surface area (Å²) in [5.74, 6) is -0.629. The predicted molar refractivity (Wildman–Crippen MR) is 59.5 cm³/mol. The number of carbonyl (C=O) groups is 1. The van der Waals surface area contributed by atoms with Crippen molar-refractivity contribution in [2.24, 2.45) is 5.92 Å². The summed E-state index contributed by atoms with van der Waals surface area (Å²) in [7, 11) is 1.75. The molecule has 1 fully saturated rings. The van der Waals surface area contributed by atoms with Crippen LogP contribution in [0.4, 0.5) is 0 Å². The lowest BCUT2D eigenvalue weighted by Gasteiger charge is -2.21. The molecule has 0 saturated carbocycles. The third kappa shape index (κ3) is 3.75. The molecular formula is C11H19N2O3+. The Kier molecular flexibility index (Phi) is 5.14. The van der Waals surface area contributed by atoms with Crippen molar-refractivity contribution in [1.29, 1.82) is 5.41 Å². The van der Waals surface area contributed by atoms with Gasteiger partial charge in [-0.25, -0.2) is 4.79 Å². The van der Waals surface area contributed by atoms with Gasteiger partial charge in [0.25, 0.3) is 0 Å². The Morgan fingerprint density at radius 2 is 2.19 bits per heavy atom. The summed E-state index contributed by atoms with van der Waals surface area (Å²) in [4.78, 5) is 10.9. The number of carboxylic acids is 1. The molecule has 0 bridgehead atoms. The third-order valence-electron chi connectivity index (χ3n) is 2.72. The van der Waals surface area contributed by atoms with E-state index in [9.17, 15) is 4.79 Å². The fraction of sp³-hybridized carbons (Fsp3) is 0.636. The van der Waals surface area contributed by atoms with Crippen LogP contribution >= 0.6 is 0 Å². The molecule has 1 saturated heterocycles. The minimum atomic E-state index is -1.02. The summed E-state index contributed by atoms with van der Waals surface area (Å²) in [6.45, 7) is 1.45. The van der Waals surface area contributed by atoms with Crippen LogP contribution in [0.25, 0.3) is 0 Å². The molecule has 0 atom stereocenters. The summed E-state index contributed by atoms with van der Waals surface area (Å²) in [6.07, 6.45) is 3.87. The van der Waals surface area contributed by atoms with E-state index in [1.807, 2.05) is 0 Å². The van der Waals surface area contributed by atoms with Crippen LogP contribution in [0.2, 0.25) is 0 Å². The highest BCUT2D eigenvalue weighted by Gasteiger charge is 2.21. The van der Waals surface area contributed by atoms with E-state index in [-0.39, 0.29) is 11.3 Å². The van der Waals surface area contributed by atoms with Gasteiger partial charge in [-0.3, -0.25) is 0 Å². The van der Waals surface area contributed by atoms with Gasteiger partial charge in [0.2, 0.25) is 0 Å². The number of quaternary nitrogens is 1. The lowest BCUT2D eigenvalue weighted by Crippen LogP contribution is -2.73. The molecule has 0 aromatic rings. The molecule has 1 aliphatic heterocycles. The van der Waals surface area contributed by atoms with Crippen LogP contribution < -0.4 is 5.32 Å².